The summed E-state index contributed by atoms with van der Waals surface area (Å²) in [4.78, 5) is 13.1. The zero-order chi connectivity index (χ0) is 25.2. The highest BCUT2D eigenvalue weighted by atomic mass is 19.1. The third-order valence-corrected chi connectivity index (χ3v) is 6.56. The molecule has 0 spiro atoms. The summed E-state index contributed by atoms with van der Waals surface area (Å²) in [6.45, 7) is 4.32. The Balaban J connectivity index is 1.46. The summed E-state index contributed by atoms with van der Waals surface area (Å²) in [7, 11) is 2.02. The van der Waals surface area contributed by atoms with E-state index in [1.807, 2.05) is 38.4 Å². The van der Waals surface area contributed by atoms with Gasteiger partial charge in [0.25, 0.3) is 0 Å². The second-order valence-corrected chi connectivity index (χ2v) is 8.89. The van der Waals surface area contributed by atoms with Gasteiger partial charge in [0.15, 0.2) is 0 Å². The monoisotopic (exact) mass is 487 g/mol. The van der Waals surface area contributed by atoms with Crippen molar-refractivity contribution < 1.29 is 14.2 Å². The van der Waals surface area contributed by atoms with E-state index in [0.29, 0.717) is 29.1 Å². The SMILES string of the molecule is C[C@@H](Oc1cc(-c2ccc(N3CCN(C)[C@@H](CO)C3)nc2)cn2ncc(C#N)c12)c1ccc(F)cn1. The van der Waals surface area contributed by atoms with Crippen LogP contribution in [0.15, 0.2) is 55.1 Å². The third kappa shape index (κ3) is 4.58. The van der Waals surface area contributed by atoms with Crippen LogP contribution in [-0.4, -0.2) is 68.9 Å². The van der Waals surface area contributed by atoms with Crippen LogP contribution in [0.2, 0.25) is 0 Å². The topological polar surface area (TPSA) is 103 Å². The molecule has 0 aromatic carbocycles. The van der Waals surface area contributed by atoms with Crippen molar-refractivity contribution in [3.63, 3.8) is 0 Å². The lowest BCUT2D eigenvalue weighted by atomic mass is 10.1. The highest BCUT2D eigenvalue weighted by Gasteiger charge is 2.24. The average molecular weight is 488 g/mol. The molecule has 36 heavy (non-hydrogen) atoms. The molecule has 0 unspecified atom stereocenters. The molecule has 0 saturated carbocycles. The lowest BCUT2D eigenvalue weighted by molar-refractivity contribution is 0.135. The molecule has 10 heteroatoms. The van der Waals surface area contributed by atoms with Crippen molar-refractivity contribution in [2.75, 3.05) is 38.2 Å². The first-order valence-corrected chi connectivity index (χ1v) is 11.7. The first kappa shape index (κ1) is 23.7. The molecule has 184 valence electrons. The molecule has 0 aliphatic carbocycles. The highest BCUT2D eigenvalue weighted by Crippen LogP contribution is 2.33. The number of likely N-dealkylation sites (N-methyl/N-ethyl adjacent to an activating group) is 1. The first-order valence-electron chi connectivity index (χ1n) is 11.7. The number of halogens is 1. The Morgan fingerprint density at radius 3 is 2.72 bits per heavy atom. The second-order valence-electron chi connectivity index (χ2n) is 8.89. The van der Waals surface area contributed by atoms with Crippen LogP contribution in [0, 0.1) is 17.1 Å². The van der Waals surface area contributed by atoms with Crippen LogP contribution in [0.25, 0.3) is 16.6 Å². The van der Waals surface area contributed by atoms with Crippen molar-refractivity contribution in [3.05, 3.63) is 72.2 Å². The number of nitrogens with zero attached hydrogens (tertiary/aromatic N) is 7. The number of hydrogen-bond acceptors (Lipinski definition) is 8. The second kappa shape index (κ2) is 9.89. The Bertz CT molecular complexity index is 1400. The van der Waals surface area contributed by atoms with Crippen molar-refractivity contribution in [3.8, 4) is 22.9 Å². The first-order chi connectivity index (χ1) is 17.5. The minimum atomic E-state index is -0.483. The van der Waals surface area contributed by atoms with Crippen molar-refractivity contribution in [2.45, 2.75) is 19.1 Å². The molecule has 0 radical (unpaired) electrons. The molecule has 1 N–H and O–H groups in total. The maximum Gasteiger partial charge on any atom is 0.148 e. The van der Waals surface area contributed by atoms with Crippen molar-refractivity contribution >= 4 is 11.3 Å². The molecule has 5 rings (SSSR count). The number of hydrogen-bond donors (Lipinski definition) is 1. The number of fused-ring (bicyclic) bond motifs is 1. The molecule has 9 nitrogen and oxygen atoms in total. The molecule has 4 aromatic rings. The molecule has 1 saturated heterocycles. The van der Waals surface area contributed by atoms with Gasteiger partial charge in [-0.1, -0.05) is 0 Å². The molecule has 1 aliphatic heterocycles. The van der Waals surface area contributed by atoms with Crippen LogP contribution in [0.5, 0.6) is 5.75 Å². The van der Waals surface area contributed by atoms with E-state index in [1.165, 1.54) is 12.3 Å². The number of rotatable bonds is 6. The predicted molar refractivity (Wildman–Crippen MR) is 132 cm³/mol. The van der Waals surface area contributed by atoms with Gasteiger partial charge in [-0.2, -0.15) is 10.4 Å². The molecule has 2 atom stereocenters. The summed E-state index contributed by atoms with van der Waals surface area (Å²) >= 11 is 0. The van der Waals surface area contributed by atoms with Gasteiger partial charge in [0.2, 0.25) is 0 Å². The van der Waals surface area contributed by atoms with E-state index in [0.717, 1.165) is 36.2 Å². The summed E-state index contributed by atoms with van der Waals surface area (Å²) in [5.74, 6) is 0.899. The number of nitriles is 1. The number of pyridine rings is 3. The summed E-state index contributed by atoms with van der Waals surface area (Å²) < 4.78 is 21.1. The molecule has 1 fully saturated rings. The van der Waals surface area contributed by atoms with Gasteiger partial charge < -0.3 is 14.7 Å². The van der Waals surface area contributed by atoms with Crippen LogP contribution in [0.4, 0.5) is 10.2 Å². The Kier molecular flexibility index (Phi) is 6.50. The van der Waals surface area contributed by atoms with Gasteiger partial charge in [-0.15, -0.1) is 0 Å². The van der Waals surface area contributed by atoms with E-state index < -0.39 is 11.9 Å². The lowest BCUT2D eigenvalue weighted by Gasteiger charge is -2.39. The van der Waals surface area contributed by atoms with E-state index in [1.54, 1.807) is 16.8 Å². The zero-order valence-corrected chi connectivity index (χ0v) is 20.0. The summed E-state index contributed by atoms with van der Waals surface area (Å²) in [6, 6.07) is 11.0. The van der Waals surface area contributed by atoms with E-state index >= 15 is 0 Å². The standard InChI is InChI=1S/C26H26FN7O2/c1-17(23-5-4-21(27)13-29-23)36-24-9-19(14-34-26(24)20(10-28)12-31-34)18-3-6-25(30-11-18)33-8-7-32(2)22(15-33)16-35/h3-6,9,11-14,17,22,35H,7-8,15-16H2,1-2H3/t17-,22-/m1/s1. The quantitative estimate of drug-likeness (QED) is 0.443. The average Bonchev–Trinajstić information content (AvgIpc) is 3.33. The zero-order valence-electron chi connectivity index (χ0n) is 20.0. The van der Waals surface area contributed by atoms with E-state index in [9.17, 15) is 14.8 Å². The van der Waals surface area contributed by atoms with Crippen molar-refractivity contribution in [1.82, 2.24) is 24.5 Å². The van der Waals surface area contributed by atoms with Crippen LogP contribution < -0.4 is 9.64 Å². The minimum Gasteiger partial charge on any atom is -0.482 e. The van der Waals surface area contributed by atoms with Gasteiger partial charge in [-0.25, -0.2) is 13.9 Å². The van der Waals surface area contributed by atoms with Gasteiger partial charge in [0.1, 0.15) is 40.6 Å². The molecule has 0 bridgehead atoms. The van der Waals surface area contributed by atoms with E-state index in [2.05, 4.69) is 30.9 Å². The van der Waals surface area contributed by atoms with E-state index in [4.69, 9.17) is 4.74 Å². The molecular weight excluding hydrogens is 461 g/mol. The molecule has 4 aromatic heterocycles. The summed E-state index contributed by atoms with van der Waals surface area (Å²) in [5, 5.41) is 23.6. The van der Waals surface area contributed by atoms with Crippen LogP contribution in [-0.2, 0) is 0 Å². The Hall–Kier alpha value is -4.07. The number of anilines is 1. The van der Waals surface area contributed by atoms with Gasteiger partial charge in [-0.3, -0.25) is 9.88 Å². The highest BCUT2D eigenvalue weighted by molar-refractivity contribution is 5.75. The summed E-state index contributed by atoms with van der Waals surface area (Å²) in [5.41, 5.74) is 3.18. The fraction of sp³-hybridized carbons (Fsp3) is 0.308. The van der Waals surface area contributed by atoms with Gasteiger partial charge >= 0.3 is 0 Å². The molecular formula is C26H26FN7O2. The summed E-state index contributed by atoms with van der Waals surface area (Å²) in [6.07, 6.45) is 5.80. The molecule has 1 aliphatic rings. The minimum absolute atomic E-state index is 0.0778. The van der Waals surface area contributed by atoms with Gasteiger partial charge in [-0.05, 0) is 44.3 Å². The maximum atomic E-state index is 13.3. The largest absolute Gasteiger partial charge is 0.482 e. The predicted octanol–water partition coefficient (Wildman–Crippen LogP) is 3.05. The normalized spacial score (nSPS) is 17.2. The van der Waals surface area contributed by atoms with Crippen molar-refractivity contribution in [1.29, 1.82) is 5.26 Å². The van der Waals surface area contributed by atoms with Crippen LogP contribution in [0.3, 0.4) is 0 Å². The lowest BCUT2D eigenvalue weighted by Crippen LogP contribution is -2.53. The number of aromatic nitrogens is 4. The van der Waals surface area contributed by atoms with Gasteiger partial charge in [0.05, 0.1) is 30.7 Å². The fourth-order valence-corrected chi connectivity index (χ4v) is 4.39. The van der Waals surface area contributed by atoms with E-state index in [-0.39, 0.29) is 12.6 Å². The van der Waals surface area contributed by atoms with Crippen molar-refractivity contribution in [2.24, 2.45) is 0 Å². The number of aliphatic hydroxyl groups excluding tert-OH is 1. The fourth-order valence-electron chi connectivity index (χ4n) is 4.39. The van der Waals surface area contributed by atoms with Gasteiger partial charge in [0, 0.05) is 43.2 Å². The van der Waals surface area contributed by atoms with Crippen LogP contribution >= 0.6 is 0 Å². The third-order valence-electron chi connectivity index (χ3n) is 6.56. The smallest absolute Gasteiger partial charge is 0.148 e. The number of piperazine rings is 1. The number of ether oxygens (including phenoxy) is 1. The number of aliphatic hydroxyl groups is 1. The Labute approximate surface area is 208 Å². The molecule has 0 amide bonds. The Morgan fingerprint density at radius 1 is 1.17 bits per heavy atom. The Morgan fingerprint density at radius 2 is 2.03 bits per heavy atom. The maximum absolute atomic E-state index is 13.3. The molecule has 5 heterocycles. The van der Waals surface area contributed by atoms with Crippen LogP contribution in [0.1, 0.15) is 24.3 Å².